The molecule has 0 bridgehead atoms. The molecule has 0 amide bonds. The van der Waals surface area contributed by atoms with Crippen LogP contribution in [0.2, 0.25) is 5.02 Å². The van der Waals surface area contributed by atoms with Crippen LogP contribution in [0.15, 0.2) is 18.2 Å². The fourth-order valence-corrected chi connectivity index (χ4v) is 2.18. The highest BCUT2D eigenvalue weighted by molar-refractivity contribution is 6.31. The van der Waals surface area contributed by atoms with E-state index in [1.54, 1.807) is 19.2 Å². The molecule has 0 aliphatic carbocycles. The number of rotatable bonds is 5. The van der Waals surface area contributed by atoms with Crippen molar-refractivity contribution in [2.45, 2.75) is 25.2 Å². The van der Waals surface area contributed by atoms with E-state index in [2.05, 4.69) is 0 Å². The van der Waals surface area contributed by atoms with Gasteiger partial charge in [0.1, 0.15) is 5.82 Å². The van der Waals surface area contributed by atoms with E-state index >= 15 is 0 Å². The van der Waals surface area contributed by atoms with E-state index in [9.17, 15) is 4.39 Å². The maximum Gasteiger partial charge on any atom is 0.130 e. The third kappa shape index (κ3) is 3.42. The van der Waals surface area contributed by atoms with E-state index in [1.165, 1.54) is 6.07 Å². The molecular weight excluding hydrogens is 259 g/mol. The minimum atomic E-state index is -0.338. The Morgan fingerprint density at radius 2 is 2.33 bits per heavy atom. The Hall–Kier alpha value is -0.680. The van der Waals surface area contributed by atoms with Crippen LogP contribution in [0.3, 0.4) is 0 Å². The summed E-state index contributed by atoms with van der Waals surface area (Å²) < 4.78 is 29.6. The van der Waals surface area contributed by atoms with E-state index in [4.69, 9.17) is 25.8 Å². The highest BCUT2D eigenvalue weighted by atomic mass is 35.5. The van der Waals surface area contributed by atoms with Gasteiger partial charge in [0.25, 0.3) is 0 Å². The maximum absolute atomic E-state index is 13.5. The predicted octanol–water partition coefficient (Wildman–Crippen LogP) is 2.80. The van der Waals surface area contributed by atoms with Crippen LogP contribution in [-0.4, -0.2) is 32.5 Å². The van der Waals surface area contributed by atoms with Crippen LogP contribution >= 0.6 is 11.6 Å². The van der Waals surface area contributed by atoms with Crippen LogP contribution in [0.1, 0.15) is 12.0 Å². The lowest BCUT2D eigenvalue weighted by Crippen LogP contribution is -2.15. The van der Waals surface area contributed by atoms with Crippen LogP contribution in [-0.2, 0) is 20.8 Å². The lowest BCUT2D eigenvalue weighted by Gasteiger charge is -2.12. The van der Waals surface area contributed by atoms with Crippen molar-refractivity contribution in [2.75, 3.05) is 20.3 Å². The maximum atomic E-state index is 13.5. The van der Waals surface area contributed by atoms with Gasteiger partial charge in [-0.2, -0.15) is 0 Å². The summed E-state index contributed by atoms with van der Waals surface area (Å²) in [6.07, 6.45) is 0.803. The molecule has 3 nitrogen and oxygen atoms in total. The second-order valence-electron chi connectivity index (χ2n) is 4.28. The van der Waals surface area contributed by atoms with Gasteiger partial charge >= 0.3 is 0 Å². The molecule has 1 aromatic carbocycles. The molecule has 0 N–H and O–H groups in total. The fourth-order valence-electron chi connectivity index (χ4n) is 1.96. The summed E-state index contributed by atoms with van der Waals surface area (Å²) in [5, 5.41) is 0.391. The van der Waals surface area contributed by atoms with Crippen molar-refractivity contribution in [1.29, 1.82) is 0 Å². The predicted molar refractivity (Wildman–Crippen MR) is 66.2 cm³/mol. The Morgan fingerprint density at radius 1 is 1.50 bits per heavy atom. The fraction of sp³-hybridized carbons (Fsp3) is 0.538. The molecule has 2 atom stereocenters. The van der Waals surface area contributed by atoms with Gasteiger partial charge in [-0.25, -0.2) is 4.39 Å². The molecule has 1 fully saturated rings. The average molecular weight is 275 g/mol. The molecule has 1 saturated heterocycles. The summed E-state index contributed by atoms with van der Waals surface area (Å²) in [6.45, 7) is 1.24. The Kier molecular flexibility index (Phi) is 4.95. The van der Waals surface area contributed by atoms with Crippen LogP contribution < -0.4 is 0 Å². The largest absolute Gasteiger partial charge is 0.382 e. The number of ether oxygens (including phenoxy) is 3. The van der Waals surface area contributed by atoms with Gasteiger partial charge in [0, 0.05) is 24.1 Å². The van der Waals surface area contributed by atoms with Gasteiger partial charge in [0.05, 0.1) is 32.0 Å². The van der Waals surface area contributed by atoms with Crippen molar-refractivity contribution >= 4 is 11.6 Å². The minimum Gasteiger partial charge on any atom is -0.382 e. The zero-order chi connectivity index (χ0) is 13.0. The topological polar surface area (TPSA) is 27.7 Å². The first-order chi connectivity index (χ1) is 8.70. The van der Waals surface area contributed by atoms with Gasteiger partial charge in [0.2, 0.25) is 0 Å². The average Bonchev–Trinajstić information content (AvgIpc) is 2.77. The third-order valence-corrected chi connectivity index (χ3v) is 3.28. The van der Waals surface area contributed by atoms with Gasteiger partial charge < -0.3 is 14.2 Å². The molecule has 1 aromatic rings. The first kappa shape index (κ1) is 13.7. The summed E-state index contributed by atoms with van der Waals surface area (Å²) >= 11 is 5.92. The minimum absolute atomic E-state index is 0.0270. The number of hydrogen-bond donors (Lipinski definition) is 0. The molecule has 18 heavy (non-hydrogen) atoms. The van der Waals surface area contributed by atoms with E-state index in [1.807, 2.05) is 0 Å². The van der Waals surface area contributed by atoms with E-state index in [0.717, 1.165) is 6.42 Å². The lowest BCUT2D eigenvalue weighted by molar-refractivity contribution is 0.0156. The number of hydrogen-bond acceptors (Lipinski definition) is 3. The molecule has 2 rings (SSSR count). The van der Waals surface area contributed by atoms with Crippen LogP contribution in [0, 0.1) is 5.82 Å². The van der Waals surface area contributed by atoms with Gasteiger partial charge in [-0.15, -0.1) is 0 Å². The van der Waals surface area contributed by atoms with Crippen molar-refractivity contribution in [3.8, 4) is 0 Å². The molecular formula is C13H16ClFO3. The second kappa shape index (κ2) is 6.48. The highest BCUT2D eigenvalue weighted by Gasteiger charge is 2.26. The number of benzene rings is 1. The van der Waals surface area contributed by atoms with Gasteiger partial charge in [-0.3, -0.25) is 0 Å². The first-order valence-corrected chi connectivity index (χ1v) is 6.23. The summed E-state index contributed by atoms with van der Waals surface area (Å²) in [4.78, 5) is 0. The highest BCUT2D eigenvalue weighted by Crippen LogP contribution is 2.23. The Morgan fingerprint density at radius 3 is 3.06 bits per heavy atom. The van der Waals surface area contributed by atoms with Crippen molar-refractivity contribution in [1.82, 2.24) is 0 Å². The molecule has 0 radical (unpaired) electrons. The summed E-state index contributed by atoms with van der Waals surface area (Å²) in [7, 11) is 1.64. The molecule has 0 aromatic heterocycles. The molecule has 1 aliphatic rings. The zero-order valence-corrected chi connectivity index (χ0v) is 11.0. The summed E-state index contributed by atoms with van der Waals surface area (Å²) in [5.74, 6) is -0.338. The van der Waals surface area contributed by atoms with Crippen LogP contribution in [0.4, 0.5) is 4.39 Å². The number of halogens is 2. The molecule has 100 valence electrons. The van der Waals surface area contributed by atoms with Crippen LogP contribution in [0.25, 0.3) is 0 Å². The Balaban J connectivity index is 1.85. The van der Waals surface area contributed by atoms with Crippen molar-refractivity contribution in [2.24, 2.45) is 0 Å². The molecule has 1 heterocycles. The Labute approximate surface area is 111 Å². The lowest BCUT2D eigenvalue weighted by atomic mass is 10.2. The van der Waals surface area contributed by atoms with E-state index < -0.39 is 0 Å². The first-order valence-electron chi connectivity index (χ1n) is 5.85. The second-order valence-corrected chi connectivity index (χ2v) is 4.69. The third-order valence-electron chi connectivity index (χ3n) is 2.92. The SMILES string of the molecule is COCC1CC(OCc2c(F)cccc2Cl)CO1. The summed E-state index contributed by atoms with van der Waals surface area (Å²) in [5.41, 5.74) is 0.398. The summed E-state index contributed by atoms with van der Waals surface area (Å²) in [6, 6.07) is 4.61. The van der Waals surface area contributed by atoms with Crippen molar-refractivity contribution in [3.63, 3.8) is 0 Å². The molecule has 1 aliphatic heterocycles. The molecule has 5 heteroatoms. The van der Waals surface area contributed by atoms with E-state index in [-0.39, 0.29) is 24.6 Å². The smallest absolute Gasteiger partial charge is 0.130 e. The van der Waals surface area contributed by atoms with Crippen molar-refractivity contribution in [3.05, 3.63) is 34.6 Å². The monoisotopic (exact) mass is 274 g/mol. The van der Waals surface area contributed by atoms with Crippen molar-refractivity contribution < 1.29 is 18.6 Å². The normalized spacial score (nSPS) is 23.5. The Bertz CT molecular complexity index is 380. The van der Waals surface area contributed by atoms with Gasteiger partial charge in [0.15, 0.2) is 0 Å². The standard InChI is InChI=1S/C13H16ClFO3/c1-16-6-9-5-10(7-17-9)18-8-11-12(14)3-2-4-13(11)15/h2-4,9-10H,5-8H2,1H3. The molecule has 2 unspecified atom stereocenters. The van der Waals surface area contributed by atoms with Gasteiger partial charge in [-0.1, -0.05) is 17.7 Å². The van der Waals surface area contributed by atoms with E-state index in [0.29, 0.717) is 23.8 Å². The van der Waals surface area contributed by atoms with Crippen LogP contribution in [0.5, 0.6) is 0 Å². The zero-order valence-electron chi connectivity index (χ0n) is 10.2. The number of methoxy groups -OCH3 is 1. The molecule has 0 saturated carbocycles. The quantitative estimate of drug-likeness (QED) is 0.826. The molecule has 0 spiro atoms. The van der Waals surface area contributed by atoms with Gasteiger partial charge in [-0.05, 0) is 12.1 Å².